The molecule has 9 nitrogen and oxygen atoms in total. The molecule has 2 aromatic rings. The van der Waals surface area contributed by atoms with Gasteiger partial charge in [-0.05, 0) is 38.1 Å². The first-order valence-corrected chi connectivity index (χ1v) is 9.61. The van der Waals surface area contributed by atoms with Crippen LogP contribution in [0.2, 0.25) is 0 Å². The summed E-state index contributed by atoms with van der Waals surface area (Å²) in [5, 5.41) is 14.0. The molecule has 1 heterocycles. The lowest BCUT2D eigenvalue weighted by atomic mass is 10.1. The van der Waals surface area contributed by atoms with E-state index in [1.165, 1.54) is 25.1 Å². The van der Waals surface area contributed by atoms with Gasteiger partial charge in [-0.2, -0.15) is 0 Å². The van der Waals surface area contributed by atoms with Gasteiger partial charge in [0.05, 0.1) is 41.7 Å². The maximum atomic E-state index is 13.0. The summed E-state index contributed by atoms with van der Waals surface area (Å²) in [6.45, 7) is 5.86. The summed E-state index contributed by atoms with van der Waals surface area (Å²) < 4.78 is 10.4. The molecule has 1 aliphatic rings. The Bertz CT molecular complexity index is 969. The van der Waals surface area contributed by atoms with Crippen LogP contribution in [0.15, 0.2) is 36.4 Å². The number of amides is 1. The Morgan fingerprint density at radius 3 is 2.63 bits per heavy atom. The third-order valence-corrected chi connectivity index (χ3v) is 4.85. The number of nitrogens with zero attached hydrogens (tertiary/aromatic N) is 2. The van der Waals surface area contributed by atoms with E-state index < -0.39 is 16.8 Å². The van der Waals surface area contributed by atoms with Gasteiger partial charge in [0.15, 0.2) is 0 Å². The summed E-state index contributed by atoms with van der Waals surface area (Å²) in [6.07, 6.45) is 0. The molecule has 3 rings (SSSR count). The van der Waals surface area contributed by atoms with Crippen molar-refractivity contribution in [3.8, 4) is 0 Å². The van der Waals surface area contributed by atoms with Gasteiger partial charge in [0.25, 0.3) is 11.6 Å². The molecule has 0 bridgehead atoms. The Balaban J connectivity index is 1.97. The monoisotopic (exact) mass is 413 g/mol. The first-order valence-electron chi connectivity index (χ1n) is 9.61. The molecular weight excluding hydrogens is 390 g/mol. The molecule has 1 fully saturated rings. The number of esters is 1. The van der Waals surface area contributed by atoms with Crippen LogP contribution in [0.4, 0.5) is 17.1 Å². The molecular formula is C21H23N3O6. The third kappa shape index (κ3) is 4.57. The summed E-state index contributed by atoms with van der Waals surface area (Å²) in [5.74, 6) is -0.986. The molecule has 1 N–H and O–H groups in total. The fourth-order valence-electron chi connectivity index (χ4n) is 3.31. The lowest BCUT2D eigenvalue weighted by Gasteiger charge is -2.30. The Kier molecular flexibility index (Phi) is 6.63. The molecule has 1 saturated heterocycles. The second-order valence-corrected chi connectivity index (χ2v) is 6.71. The largest absolute Gasteiger partial charge is 0.462 e. The van der Waals surface area contributed by atoms with Gasteiger partial charge in [-0.15, -0.1) is 0 Å². The van der Waals surface area contributed by atoms with Gasteiger partial charge in [0.1, 0.15) is 0 Å². The topological polar surface area (TPSA) is 111 Å². The van der Waals surface area contributed by atoms with Crippen LogP contribution in [-0.2, 0) is 9.47 Å². The molecule has 0 aliphatic carbocycles. The van der Waals surface area contributed by atoms with Crippen LogP contribution in [0.25, 0.3) is 0 Å². The molecule has 1 amide bonds. The molecule has 9 heteroatoms. The minimum absolute atomic E-state index is 0.128. The Morgan fingerprint density at radius 2 is 1.97 bits per heavy atom. The average Bonchev–Trinajstić information content (AvgIpc) is 2.74. The van der Waals surface area contributed by atoms with Crippen LogP contribution in [0.1, 0.15) is 33.2 Å². The van der Waals surface area contributed by atoms with Crippen molar-refractivity contribution >= 4 is 28.9 Å². The van der Waals surface area contributed by atoms with Crippen molar-refractivity contribution in [2.24, 2.45) is 0 Å². The quantitative estimate of drug-likeness (QED) is 0.440. The second kappa shape index (κ2) is 9.36. The summed E-state index contributed by atoms with van der Waals surface area (Å²) in [7, 11) is 0. The van der Waals surface area contributed by atoms with Gasteiger partial charge in [0, 0.05) is 30.3 Å². The standard InChI is InChI=1S/C21H23N3O6/c1-3-30-21(26)15-7-8-19(23-9-11-29-12-10-23)17(13-15)22-20(25)16-5-4-6-18(14(16)2)24(27)28/h4-8,13H,3,9-12H2,1-2H3,(H,22,25). The van der Waals surface area contributed by atoms with Gasteiger partial charge in [-0.1, -0.05) is 6.07 Å². The van der Waals surface area contributed by atoms with E-state index in [-0.39, 0.29) is 23.4 Å². The minimum Gasteiger partial charge on any atom is -0.462 e. The number of anilines is 2. The summed E-state index contributed by atoms with van der Waals surface area (Å²) in [4.78, 5) is 37.9. The fraction of sp³-hybridized carbons (Fsp3) is 0.333. The zero-order valence-electron chi connectivity index (χ0n) is 16.8. The molecule has 0 saturated carbocycles. The SMILES string of the molecule is CCOC(=O)c1ccc(N2CCOCC2)c(NC(=O)c2cccc([N+](=O)[O-])c2C)c1. The minimum atomic E-state index is -0.521. The number of benzene rings is 2. The van der Waals surface area contributed by atoms with E-state index in [1.54, 1.807) is 25.1 Å². The molecule has 158 valence electrons. The van der Waals surface area contributed by atoms with Crippen molar-refractivity contribution in [1.29, 1.82) is 0 Å². The van der Waals surface area contributed by atoms with E-state index in [0.29, 0.717) is 37.6 Å². The van der Waals surface area contributed by atoms with E-state index in [0.717, 1.165) is 5.69 Å². The average molecular weight is 413 g/mol. The number of hydrogen-bond donors (Lipinski definition) is 1. The lowest BCUT2D eigenvalue weighted by molar-refractivity contribution is -0.385. The number of carbonyl (C=O) groups is 2. The molecule has 30 heavy (non-hydrogen) atoms. The van der Waals surface area contributed by atoms with Crippen LogP contribution in [-0.4, -0.2) is 49.7 Å². The van der Waals surface area contributed by atoms with E-state index in [4.69, 9.17) is 9.47 Å². The Morgan fingerprint density at radius 1 is 1.23 bits per heavy atom. The summed E-state index contributed by atoms with van der Waals surface area (Å²) in [5.41, 5.74) is 1.81. The number of hydrogen-bond acceptors (Lipinski definition) is 7. The third-order valence-electron chi connectivity index (χ3n) is 4.85. The van der Waals surface area contributed by atoms with E-state index in [2.05, 4.69) is 5.32 Å². The highest BCUT2D eigenvalue weighted by molar-refractivity contribution is 6.08. The van der Waals surface area contributed by atoms with Crippen LogP contribution in [0.3, 0.4) is 0 Å². The van der Waals surface area contributed by atoms with Crippen molar-refractivity contribution < 1.29 is 24.0 Å². The van der Waals surface area contributed by atoms with Gasteiger partial charge in [-0.25, -0.2) is 4.79 Å². The highest BCUT2D eigenvalue weighted by Gasteiger charge is 2.22. The van der Waals surface area contributed by atoms with Crippen molar-refractivity contribution in [2.75, 3.05) is 43.1 Å². The maximum Gasteiger partial charge on any atom is 0.338 e. The molecule has 0 atom stereocenters. The molecule has 0 unspecified atom stereocenters. The molecule has 0 spiro atoms. The van der Waals surface area contributed by atoms with Gasteiger partial charge in [-0.3, -0.25) is 14.9 Å². The van der Waals surface area contributed by atoms with Crippen LogP contribution >= 0.6 is 0 Å². The highest BCUT2D eigenvalue weighted by Crippen LogP contribution is 2.30. The summed E-state index contributed by atoms with van der Waals surface area (Å²) >= 11 is 0. The van der Waals surface area contributed by atoms with E-state index in [9.17, 15) is 19.7 Å². The maximum absolute atomic E-state index is 13.0. The van der Waals surface area contributed by atoms with Gasteiger partial charge in [0.2, 0.25) is 0 Å². The predicted octanol–water partition coefficient (Wildman–Crippen LogP) is 3.17. The van der Waals surface area contributed by atoms with Crippen molar-refractivity contribution in [1.82, 2.24) is 0 Å². The van der Waals surface area contributed by atoms with Crippen LogP contribution < -0.4 is 10.2 Å². The smallest absolute Gasteiger partial charge is 0.338 e. The number of morpholine rings is 1. The normalized spacial score (nSPS) is 13.6. The first kappa shape index (κ1) is 21.3. The lowest BCUT2D eigenvalue weighted by Crippen LogP contribution is -2.36. The number of nitrogens with one attached hydrogen (secondary N) is 1. The molecule has 0 aromatic heterocycles. The second-order valence-electron chi connectivity index (χ2n) is 6.71. The predicted molar refractivity (Wildman–Crippen MR) is 111 cm³/mol. The van der Waals surface area contributed by atoms with Crippen LogP contribution in [0.5, 0.6) is 0 Å². The van der Waals surface area contributed by atoms with Crippen molar-refractivity contribution in [3.05, 3.63) is 63.2 Å². The van der Waals surface area contributed by atoms with E-state index >= 15 is 0 Å². The van der Waals surface area contributed by atoms with Crippen molar-refractivity contribution in [2.45, 2.75) is 13.8 Å². The molecule has 2 aromatic carbocycles. The molecule has 1 aliphatic heterocycles. The number of nitro groups is 1. The zero-order valence-corrected chi connectivity index (χ0v) is 16.8. The number of ether oxygens (including phenoxy) is 2. The summed E-state index contributed by atoms with van der Waals surface area (Å²) in [6, 6.07) is 9.32. The molecule has 0 radical (unpaired) electrons. The van der Waals surface area contributed by atoms with E-state index in [1.807, 2.05) is 4.90 Å². The zero-order chi connectivity index (χ0) is 21.7. The first-order chi connectivity index (χ1) is 14.4. The fourth-order valence-corrected chi connectivity index (χ4v) is 3.31. The Hall–Kier alpha value is -3.46. The van der Waals surface area contributed by atoms with Crippen molar-refractivity contribution in [3.63, 3.8) is 0 Å². The van der Waals surface area contributed by atoms with Gasteiger partial charge >= 0.3 is 5.97 Å². The Labute approximate surface area is 173 Å². The highest BCUT2D eigenvalue weighted by atomic mass is 16.6. The number of nitro benzene ring substituents is 1. The number of carbonyl (C=O) groups excluding carboxylic acids is 2. The van der Waals surface area contributed by atoms with Crippen LogP contribution in [0, 0.1) is 17.0 Å². The number of rotatable bonds is 6. The van der Waals surface area contributed by atoms with Gasteiger partial charge < -0.3 is 19.7 Å².